The number of nitrogens with zero attached hydrogens (tertiary/aromatic N) is 2. The molecule has 0 aliphatic rings. The molecule has 1 rings (SSSR count). The average Bonchev–Trinajstić information content (AvgIpc) is 2.49. The van der Waals surface area contributed by atoms with Crippen molar-refractivity contribution in [1.82, 2.24) is 9.80 Å². The van der Waals surface area contributed by atoms with E-state index >= 15 is 0 Å². The number of carbonyl (C=O) groups excluding carboxylic acids is 2. The van der Waals surface area contributed by atoms with Crippen LogP contribution in [0.2, 0.25) is 0 Å². The predicted octanol–water partition coefficient (Wildman–Crippen LogP) is 2.75. The molecule has 0 aromatic heterocycles. The molecule has 0 saturated heterocycles. The van der Waals surface area contributed by atoms with Crippen molar-refractivity contribution in [3.8, 4) is 0 Å². The molecular weight excluding hydrogens is 288 g/mol. The minimum atomic E-state index is -0.0258. The van der Waals surface area contributed by atoms with Gasteiger partial charge in [0.05, 0.1) is 13.0 Å². The zero-order valence-electron chi connectivity index (χ0n) is 15.1. The molecule has 2 amide bonds. The van der Waals surface area contributed by atoms with E-state index in [0.717, 1.165) is 12.0 Å². The first kappa shape index (κ1) is 19.2. The number of amides is 2. The van der Waals surface area contributed by atoms with E-state index in [1.54, 1.807) is 11.9 Å². The zero-order chi connectivity index (χ0) is 17.4. The number of rotatable bonds is 8. The molecular formula is C19H30N2O2. The van der Waals surface area contributed by atoms with E-state index in [1.807, 2.05) is 26.0 Å². The third-order valence-corrected chi connectivity index (χ3v) is 3.94. The molecule has 0 unspecified atom stereocenters. The highest BCUT2D eigenvalue weighted by atomic mass is 16.2. The predicted molar refractivity (Wildman–Crippen MR) is 94.3 cm³/mol. The summed E-state index contributed by atoms with van der Waals surface area (Å²) in [5, 5.41) is 0. The normalized spacial score (nSPS) is 10.7. The largest absolute Gasteiger partial charge is 0.342 e. The van der Waals surface area contributed by atoms with E-state index in [0.29, 0.717) is 25.4 Å². The van der Waals surface area contributed by atoms with E-state index in [-0.39, 0.29) is 18.4 Å². The lowest BCUT2D eigenvalue weighted by molar-refractivity contribution is -0.138. The quantitative estimate of drug-likeness (QED) is 0.739. The Bertz CT molecular complexity index is 505. The van der Waals surface area contributed by atoms with Crippen molar-refractivity contribution >= 4 is 11.8 Å². The van der Waals surface area contributed by atoms with Crippen molar-refractivity contribution in [1.29, 1.82) is 0 Å². The molecule has 0 aliphatic carbocycles. The molecule has 0 saturated carbocycles. The molecule has 0 N–H and O–H groups in total. The number of hydrogen-bond acceptors (Lipinski definition) is 2. The van der Waals surface area contributed by atoms with E-state index in [2.05, 4.69) is 26.0 Å². The summed E-state index contributed by atoms with van der Waals surface area (Å²) in [4.78, 5) is 27.6. The summed E-state index contributed by atoms with van der Waals surface area (Å²) in [6, 6.07) is 8.19. The van der Waals surface area contributed by atoms with Crippen LogP contribution in [-0.2, 0) is 22.4 Å². The first-order valence-corrected chi connectivity index (χ1v) is 8.46. The fourth-order valence-corrected chi connectivity index (χ4v) is 2.54. The summed E-state index contributed by atoms with van der Waals surface area (Å²) in [5.41, 5.74) is 2.28. The summed E-state index contributed by atoms with van der Waals surface area (Å²) in [6.45, 7) is 9.78. The molecule has 0 fully saturated rings. The fourth-order valence-electron chi connectivity index (χ4n) is 2.54. The molecule has 0 atom stereocenters. The number of likely N-dealkylation sites (N-methyl/N-ethyl adjacent to an activating group) is 2. The van der Waals surface area contributed by atoms with Crippen LogP contribution in [-0.4, -0.2) is 48.3 Å². The Labute approximate surface area is 140 Å². The Morgan fingerprint density at radius 2 is 1.48 bits per heavy atom. The van der Waals surface area contributed by atoms with E-state index in [4.69, 9.17) is 0 Å². The molecule has 23 heavy (non-hydrogen) atoms. The van der Waals surface area contributed by atoms with Gasteiger partial charge in [0.2, 0.25) is 11.8 Å². The minimum Gasteiger partial charge on any atom is -0.342 e. The summed E-state index contributed by atoms with van der Waals surface area (Å²) in [6.07, 6.45) is 1.39. The molecule has 4 nitrogen and oxygen atoms in total. The van der Waals surface area contributed by atoms with Crippen molar-refractivity contribution in [2.24, 2.45) is 5.92 Å². The highest BCUT2D eigenvalue weighted by molar-refractivity contribution is 5.85. The lowest BCUT2D eigenvalue weighted by atomic mass is 10.0. The van der Waals surface area contributed by atoms with Crippen molar-refractivity contribution in [3.05, 3.63) is 35.4 Å². The van der Waals surface area contributed by atoms with Gasteiger partial charge in [0.25, 0.3) is 0 Å². The molecule has 0 aliphatic heterocycles. The molecule has 1 aromatic rings. The van der Waals surface area contributed by atoms with Crippen molar-refractivity contribution < 1.29 is 9.59 Å². The summed E-state index contributed by atoms with van der Waals surface area (Å²) >= 11 is 0. The Kier molecular flexibility index (Phi) is 7.79. The van der Waals surface area contributed by atoms with Gasteiger partial charge in [-0.1, -0.05) is 38.1 Å². The van der Waals surface area contributed by atoms with Gasteiger partial charge in [-0.3, -0.25) is 9.59 Å². The van der Waals surface area contributed by atoms with Crippen LogP contribution in [0.25, 0.3) is 0 Å². The number of benzene rings is 1. The van der Waals surface area contributed by atoms with Crippen LogP contribution in [0.3, 0.4) is 0 Å². The molecule has 4 heteroatoms. The molecule has 0 bridgehead atoms. The Morgan fingerprint density at radius 1 is 0.957 bits per heavy atom. The molecule has 0 heterocycles. The van der Waals surface area contributed by atoms with E-state index in [1.165, 1.54) is 10.5 Å². The maximum atomic E-state index is 12.3. The van der Waals surface area contributed by atoms with Crippen LogP contribution >= 0.6 is 0 Å². The maximum absolute atomic E-state index is 12.3. The lowest BCUT2D eigenvalue weighted by Gasteiger charge is -2.23. The standard InChI is InChI=1S/C19H30N2O2/c1-6-21(7-2)19(23)14-20(5)18(22)13-17-10-8-16(9-11-17)12-15(3)4/h8-11,15H,6-7,12-14H2,1-5H3. The molecule has 0 spiro atoms. The smallest absolute Gasteiger partial charge is 0.242 e. The van der Waals surface area contributed by atoms with E-state index in [9.17, 15) is 9.59 Å². The van der Waals surface area contributed by atoms with Gasteiger partial charge >= 0.3 is 0 Å². The van der Waals surface area contributed by atoms with Gasteiger partial charge < -0.3 is 9.80 Å². The average molecular weight is 318 g/mol. The minimum absolute atomic E-state index is 0.00173. The van der Waals surface area contributed by atoms with Gasteiger partial charge in [0.1, 0.15) is 0 Å². The van der Waals surface area contributed by atoms with Crippen LogP contribution in [0.1, 0.15) is 38.8 Å². The fraction of sp³-hybridized carbons (Fsp3) is 0.579. The third-order valence-electron chi connectivity index (χ3n) is 3.94. The van der Waals surface area contributed by atoms with Crippen LogP contribution < -0.4 is 0 Å². The topological polar surface area (TPSA) is 40.6 Å². The first-order chi connectivity index (χ1) is 10.9. The monoisotopic (exact) mass is 318 g/mol. The first-order valence-electron chi connectivity index (χ1n) is 8.46. The zero-order valence-corrected chi connectivity index (χ0v) is 15.1. The van der Waals surface area contributed by atoms with Crippen molar-refractivity contribution in [3.63, 3.8) is 0 Å². The molecule has 1 aromatic carbocycles. The van der Waals surface area contributed by atoms with Crippen molar-refractivity contribution in [2.75, 3.05) is 26.7 Å². The molecule has 0 radical (unpaired) electrons. The van der Waals surface area contributed by atoms with E-state index < -0.39 is 0 Å². The van der Waals surface area contributed by atoms with Gasteiger partial charge in [-0.2, -0.15) is 0 Å². The van der Waals surface area contributed by atoms with Gasteiger partial charge in [-0.15, -0.1) is 0 Å². The molecule has 128 valence electrons. The van der Waals surface area contributed by atoms with Gasteiger partial charge in [-0.25, -0.2) is 0 Å². The van der Waals surface area contributed by atoms with Gasteiger partial charge in [0.15, 0.2) is 0 Å². The van der Waals surface area contributed by atoms with Crippen LogP contribution in [0, 0.1) is 5.92 Å². The van der Waals surface area contributed by atoms with Gasteiger partial charge in [0, 0.05) is 20.1 Å². The highest BCUT2D eigenvalue weighted by Gasteiger charge is 2.16. The van der Waals surface area contributed by atoms with Crippen molar-refractivity contribution in [2.45, 2.75) is 40.5 Å². The Balaban J connectivity index is 2.56. The summed E-state index contributed by atoms with van der Waals surface area (Å²) in [5.74, 6) is 0.597. The second-order valence-corrected chi connectivity index (χ2v) is 6.41. The second-order valence-electron chi connectivity index (χ2n) is 6.41. The second kappa shape index (κ2) is 9.33. The van der Waals surface area contributed by atoms with Gasteiger partial charge in [-0.05, 0) is 37.3 Å². The highest BCUT2D eigenvalue weighted by Crippen LogP contribution is 2.11. The Morgan fingerprint density at radius 3 is 1.96 bits per heavy atom. The van der Waals surface area contributed by atoms with Crippen LogP contribution in [0.15, 0.2) is 24.3 Å². The summed E-state index contributed by atoms with van der Waals surface area (Å²) in [7, 11) is 1.69. The maximum Gasteiger partial charge on any atom is 0.242 e. The Hall–Kier alpha value is -1.84. The summed E-state index contributed by atoms with van der Waals surface area (Å²) < 4.78 is 0. The SMILES string of the molecule is CCN(CC)C(=O)CN(C)C(=O)Cc1ccc(CC(C)C)cc1. The number of carbonyl (C=O) groups is 2. The third kappa shape index (κ3) is 6.43. The van der Waals surface area contributed by atoms with Crippen LogP contribution in [0.4, 0.5) is 0 Å². The van der Waals surface area contributed by atoms with Crippen LogP contribution in [0.5, 0.6) is 0 Å². The lowest BCUT2D eigenvalue weighted by Crippen LogP contribution is -2.41. The number of hydrogen-bond donors (Lipinski definition) is 0.